The van der Waals surface area contributed by atoms with Crippen molar-refractivity contribution in [3.8, 4) is 11.3 Å². The molecule has 2 aliphatic rings. The Morgan fingerprint density at radius 2 is 1.85 bits per heavy atom. The lowest BCUT2D eigenvalue weighted by Crippen LogP contribution is -2.41. The third kappa shape index (κ3) is 4.73. The average Bonchev–Trinajstić information content (AvgIpc) is 2.91. The highest BCUT2D eigenvalue weighted by atomic mass is 35.5. The Labute approximate surface area is 232 Å². The van der Waals surface area contributed by atoms with Crippen LogP contribution in [-0.2, 0) is 4.74 Å². The second-order valence-electron chi connectivity index (χ2n) is 10.7. The van der Waals surface area contributed by atoms with Crippen molar-refractivity contribution < 1.29 is 17.9 Å². The van der Waals surface area contributed by atoms with Gasteiger partial charge in [0.15, 0.2) is 5.65 Å². The number of aromatic nitrogens is 4. The first-order chi connectivity index (χ1) is 19.0. The molecule has 6 rings (SSSR count). The average molecular weight is 571 g/mol. The SMILES string of the molecule is Cc1nc2c(-c3ccc(Cl)cc3F)nc([C@@H]3CCO[C@H](c4ccc(=O)n(C5CC(F)(F)C5)c4)C3)cn2c(=O)c1C. The molecular formula is C29H26ClF3N4O3. The number of nitrogens with zero attached hydrogens (tertiary/aromatic N) is 4. The van der Waals surface area contributed by atoms with Gasteiger partial charge in [0.05, 0.1) is 11.8 Å². The Bertz CT molecular complexity index is 1760. The normalized spacial score (nSPS) is 20.9. The van der Waals surface area contributed by atoms with Crippen LogP contribution in [0.25, 0.3) is 16.9 Å². The van der Waals surface area contributed by atoms with Crippen molar-refractivity contribution in [2.45, 2.75) is 63.5 Å². The summed E-state index contributed by atoms with van der Waals surface area (Å²) >= 11 is 5.98. The van der Waals surface area contributed by atoms with E-state index in [1.807, 2.05) is 0 Å². The fourth-order valence-electron chi connectivity index (χ4n) is 5.53. The third-order valence-corrected chi connectivity index (χ3v) is 8.22. The Morgan fingerprint density at radius 3 is 2.58 bits per heavy atom. The number of ether oxygens (including phenoxy) is 1. The summed E-state index contributed by atoms with van der Waals surface area (Å²) in [4.78, 5) is 35.1. The molecule has 0 radical (unpaired) electrons. The van der Waals surface area contributed by atoms with Crippen molar-refractivity contribution in [1.29, 1.82) is 0 Å². The zero-order valence-corrected chi connectivity index (χ0v) is 22.6. The molecule has 11 heteroatoms. The summed E-state index contributed by atoms with van der Waals surface area (Å²) in [6.45, 7) is 3.79. The van der Waals surface area contributed by atoms with Crippen LogP contribution in [0.2, 0.25) is 5.02 Å². The highest BCUT2D eigenvalue weighted by Gasteiger charge is 2.46. The number of aryl methyl sites for hydroxylation is 1. The largest absolute Gasteiger partial charge is 0.373 e. The topological polar surface area (TPSA) is 78.5 Å². The van der Waals surface area contributed by atoms with Crippen LogP contribution in [0.5, 0.6) is 0 Å². The second kappa shape index (κ2) is 9.85. The number of alkyl halides is 2. The molecule has 4 heterocycles. The molecule has 0 unspecified atom stereocenters. The number of fused-ring (bicyclic) bond motifs is 1. The molecule has 1 aliphatic heterocycles. The third-order valence-electron chi connectivity index (χ3n) is 7.98. The molecule has 0 amide bonds. The van der Waals surface area contributed by atoms with E-state index in [0.29, 0.717) is 42.0 Å². The summed E-state index contributed by atoms with van der Waals surface area (Å²) in [5.41, 5.74) is 2.33. The fraction of sp³-hybridized carbons (Fsp3) is 0.379. The van der Waals surface area contributed by atoms with E-state index in [1.54, 1.807) is 38.4 Å². The van der Waals surface area contributed by atoms with Crippen LogP contribution in [0.3, 0.4) is 0 Å². The molecule has 3 aromatic heterocycles. The van der Waals surface area contributed by atoms with E-state index in [-0.39, 0.29) is 51.8 Å². The number of rotatable bonds is 4. The lowest BCUT2D eigenvalue weighted by molar-refractivity contribution is -0.105. The highest BCUT2D eigenvalue weighted by molar-refractivity contribution is 6.30. The molecule has 2 fully saturated rings. The smallest absolute Gasteiger partial charge is 0.261 e. The van der Waals surface area contributed by atoms with Gasteiger partial charge in [-0.1, -0.05) is 11.6 Å². The molecule has 0 spiro atoms. The molecule has 4 aromatic rings. The highest BCUT2D eigenvalue weighted by Crippen LogP contribution is 2.45. The van der Waals surface area contributed by atoms with Gasteiger partial charge >= 0.3 is 0 Å². The fourth-order valence-corrected chi connectivity index (χ4v) is 5.69. The Morgan fingerprint density at radius 1 is 1.07 bits per heavy atom. The van der Waals surface area contributed by atoms with Crippen LogP contribution in [0.1, 0.15) is 66.3 Å². The number of pyridine rings is 1. The van der Waals surface area contributed by atoms with Crippen LogP contribution in [0, 0.1) is 19.7 Å². The molecule has 0 N–H and O–H groups in total. The Kier molecular flexibility index (Phi) is 6.58. The van der Waals surface area contributed by atoms with Crippen molar-refractivity contribution in [3.63, 3.8) is 0 Å². The van der Waals surface area contributed by atoms with Gasteiger partial charge in [-0.2, -0.15) is 0 Å². The zero-order chi connectivity index (χ0) is 28.3. The zero-order valence-electron chi connectivity index (χ0n) is 21.8. The van der Waals surface area contributed by atoms with Crippen molar-refractivity contribution in [2.24, 2.45) is 0 Å². The summed E-state index contributed by atoms with van der Waals surface area (Å²) in [6.07, 6.45) is 3.17. The van der Waals surface area contributed by atoms with E-state index in [2.05, 4.69) is 4.98 Å². The van der Waals surface area contributed by atoms with E-state index in [4.69, 9.17) is 21.3 Å². The first kappa shape index (κ1) is 26.7. The van der Waals surface area contributed by atoms with Gasteiger partial charge in [-0.25, -0.2) is 23.1 Å². The number of benzene rings is 1. The summed E-state index contributed by atoms with van der Waals surface area (Å²) < 4.78 is 50.9. The quantitative estimate of drug-likeness (QED) is 0.304. The van der Waals surface area contributed by atoms with Gasteiger partial charge in [0.2, 0.25) is 0 Å². The Balaban J connectivity index is 1.40. The lowest BCUT2D eigenvalue weighted by Gasteiger charge is -2.36. The van der Waals surface area contributed by atoms with Gasteiger partial charge in [-0.05, 0) is 56.5 Å². The maximum absolute atomic E-state index is 15.1. The van der Waals surface area contributed by atoms with Crippen molar-refractivity contribution >= 4 is 17.2 Å². The van der Waals surface area contributed by atoms with Gasteiger partial charge in [0.25, 0.3) is 17.0 Å². The predicted molar refractivity (Wildman–Crippen MR) is 144 cm³/mol. The van der Waals surface area contributed by atoms with E-state index >= 15 is 4.39 Å². The Hall–Kier alpha value is -3.50. The first-order valence-electron chi connectivity index (χ1n) is 13.1. The predicted octanol–water partition coefficient (Wildman–Crippen LogP) is 5.93. The van der Waals surface area contributed by atoms with Crippen LogP contribution in [0.4, 0.5) is 13.2 Å². The molecule has 40 heavy (non-hydrogen) atoms. The van der Waals surface area contributed by atoms with Crippen LogP contribution in [-0.4, -0.2) is 31.5 Å². The van der Waals surface area contributed by atoms with Gasteiger partial charge in [-0.3, -0.25) is 14.0 Å². The molecule has 1 aromatic carbocycles. The minimum Gasteiger partial charge on any atom is -0.373 e. The summed E-state index contributed by atoms with van der Waals surface area (Å²) in [5.74, 6) is -3.50. The first-order valence-corrected chi connectivity index (χ1v) is 13.5. The molecule has 0 bridgehead atoms. The van der Waals surface area contributed by atoms with Crippen molar-refractivity contribution in [2.75, 3.05) is 6.61 Å². The molecule has 1 saturated carbocycles. The van der Waals surface area contributed by atoms with Gasteiger partial charge in [0.1, 0.15) is 11.5 Å². The lowest BCUT2D eigenvalue weighted by atomic mass is 9.87. The summed E-state index contributed by atoms with van der Waals surface area (Å²) in [7, 11) is 0. The van der Waals surface area contributed by atoms with Crippen molar-refractivity contribution in [3.05, 3.63) is 96.8 Å². The molecule has 7 nitrogen and oxygen atoms in total. The van der Waals surface area contributed by atoms with Gasteiger partial charge in [0, 0.05) is 71.7 Å². The summed E-state index contributed by atoms with van der Waals surface area (Å²) in [5, 5.41) is 0.234. The molecule has 208 valence electrons. The number of halogens is 4. The molecule has 2 atom stereocenters. The monoisotopic (exact) mass is 570 g/mol. The number of hydrogen-bond donors (Lipinski definition) is 0. The maximum atomic E-state index is 15.1. The number of hydrogen-bond acceptors (Lipinski definition) is 5. The van der Waals surface area contributed by atoms with E-state index in [1.165, 1.54) is 27.2 Å². The minimum atomic E-state index is -2.75. The van der Waals surface area contributed by atoms with Crippen molar-refractivity contribution in [1.82, 2.24) is 18.9 Å². The summed E-state index contributed by atoms with van der Waals surface area (Å²) in [6, 6.07) is 6.76. The molecule has 1 aliphatic carbocycles. The van der Waals surface area contributed by atoms with Crippen LogP contribution >= 0.6 is 11.6 Å². The van der Waals surface area contributed by atoms with Gasteiger partial charge in [-0.15, -0.1) is 0 Å². The molecule has 1 saturated heterocycles. The standard InChI is InChI=1S/C29H26ClF3N4O3/c1-15-16(2)34-27-26(21-5-4-19(30)10-22(21)31)35-23(14-37(27)28(15)39)17-7-8-40-24(9-17)18-3-6-25(38)36(13-18)20-11-29(32,33)12-20/h3-6,10,13-14,17,20,24H,7-9,11-12H2,1-2H3/t17-,24+/m1/s1. The van der Waals surface area contributed by atoms with Crippen LogP contribution < -0.4 is 11.1 Å². The maximum Gasteiger partial charge on any atom is 0.261 e. The van der Waals surface area contributed by atoms with E-state index in [0.717, 1.165) is 0 Å². The second-order valence-corrected chi connectivity index (χ2v) is 11.1. The minimum absolute atomic E-state index is 0.167. The molecular weight excluding hydrogens is 545 g/mol. The van der Waals surface area contributed by atoms with E-state index < -0.39 is 23.9 Å². The van der Waals surface area contributed by atoms with E-state index in [9.17, 15) is 18.4 Å². The van der Waals surface area contributed by atoms with Gasteiger partial charge < -0.3 is 9.30 Å². The van der Waals surface area contributed by atoms with Crippen LogP contribution in [0.15, 0.2) is 52.3 Å².